The third-order valence-electron chi connectivity index (χ3n) is 3.51. The Hall–Kier alpha value is -1.78. The van der Waals surface area contributed by atoms with Gasteiger partial charge in [0.25, 0.3) is 0 Å². The van der Waals surface area contributed by atoms with E-state index in [4.69, 9.17) is 18.9 Å². The molecule has 0 bridgehead atoms. The van der Waals surface area contributed by atoms with Gasteiger partial charge in [0.2, 0.25) is 0 Å². The summed E-state index contributed by atoms with van der Waals surface area (Å²) in [6.07, 6.45) is 5.41. The molecule has 0 aliphatic heterocycles. The first kappa shape index (κ1) is 20.3. The number of hydrogen-bond donors (Lipinski definition) is 0. The molecule has 0 aromatic heterocycles. The van der Waals surface area contributed by atoms with Crippen molar-refractivity contribution in [3.8, 4) is 0 Å². The first-order valence-electron chi connectivity index (χ1n) is 8.34. The molecule has 1 aromatic carbocycles. The fourth-order valence-electron chi connectivity index (χ4n) is 2.09. The van der Waals surface area contributed by atoms with Crippen LogP contribution < -0.4 is 0 Å². The Morgan fingerprint density at radius 1 is 0.792 bits per heavy atom. The number of hydrogen-bond acceptors (Lipinski definition) is 4. The third kappa shape index (κ3) is 8.18. The molecule has 0 radical (unpaired) electrons. The lowest BCUT2D eigenvalue weighted by atomic mass is 10.0. The first-order chi connectivity index (χ1) is 11.7. The van der Waals surface area contributed by atoms with Gasteiger partial charge in [0, 0.05) is 40.3 Å². The van der Waals surface area contributed by atoms with Crippen LogP contribution in [-0.4, -0.2) is 40.6 Å². The predicted octanol–water partition coefficient (Wildman–Crippen LogP) is 4.51. The van der Waals surface area contributed by atoms with Gasteiger partial charge in [0.15, 0.2) is 0 Å². The lowest BCUT2D eigenvalue weighted by Gasteiger charge is -2.08. The average molecular weight is 334 g/mol. The summed E-state index contributed by atoms with van der Waals surface area (Å²) in [6.45, 7) is 6.87. The largest absolute Gasteiger partial charge is 0.501 e. The fraction of sp³-hybridized carbons (Fsp3) is 0.500. The van der Waals surface area contributed by atoms with Crippen molar-refractivity contribution in [2.45, 2.75) is 26.7 Å². The maximum atomic E-state index is 5.56. The Balaban J connectivity index is 2.58. The normalized spacial score (nSPS) is 12.3. The van der Waals surface area contributed by atoms with Crippen molar-refractivity contribution < 1.29 is 18.9 Å². The number of ether oxygens (including phenoxy) is 4. The summed E-state index contributed by atoms with van der Waals surface area (Å²) in [5.74, 6) is 0. The van der Waals surface area contributed by atoms with Crippen molar-refractivity contribution in [1.82, 2.24) is 0 Å². The molecule has 0 aliphatic rings. The number of allylic oxidation sites excluding steroid dienone is 2. The number of rotatable bonds is 12. The Morgan fingerprint density at radius 3 is 1.67 bits per heavy atom. The molecular weight excluding hydrogens is 304 g/mol. The molecule has 1 aromatic rings. The van der Waals surface area contributed by atoms with E-state index >= 15 is 0 Å². The molecular formula is C20H30O4. The Morgan fingerprint density at radius 2 is 1.25 bits per heavy atom. The van der Waals surface area contributed by atoms with Crippen LogP contribution in [0.25, 0.3) is 11.1 Å². The highest BCUT2D eigenvalue weighted by Gasteiger charge is 2.01. The molecule has 0 spiro atoms. The van der Waals surface area contributed by atoms with Gasteiger partial charge in [-0.2, -0.15) is 0 Å². The molecule has 1 rings (SSSR count). The van der Waals surface area contributed by atoms with E-state index in [2.05, 4.69) is 38.1 Å². The van der Waals surface area contributed by atoms with Crippen LogP contribution >= 0.6 is 0 Å². The zero-order chi connectivity index (χ0) is 17.6. The van der Waals surface area contributed by atoms with Gasteiger partial charge in [-0.15, -0.1) is 0 Å². The standard InChI is InChI=1S/C20H30O4/c1-17(15-23-12-6-10-21-3)19-8-5-9-20(14-19)18(2)16-24-13-7-11-22-4/h5,8-9,14-16H,6-7,10-13H2,1-4H3. The van der Waals surface area contributed by atoms with Crippen molar-refractivity contribution in [3.63, 3.8) is 0 Å². The molecule has 0 heterocycles. The number of benzene rings is 1. The van der Waals surface area contributed by atoms with E-state index in [1.807, 2.05) is 12.5 Å². The molecule has 4 nitrogen and oxygen atoms in total. The van der Waals surface area contributed by atoms with E-state index in [1.165, 1.54) is 0 Å². The van der Waals surface area contributed by atoms with E-state index in [-0.39, 0.29) is 0 Å². The Bertz CT molecular complexity index is 477. The van der Waals surface area contributed by atoms with Crippen molar-refractivity contribution in [2.75, 3.05) is 40.6 Å². The van der Waals surface area contributed by atoms with E-state index in [0.29, 0.717) is 13.2 Å². The summed E-state index contributed by atoms with van der Waals surface area (Å²) in [5, 5.41) is 0. The molecule has 0 atom stereocenters. The van der Waals surface area contributed by atoms with Gasteiger partial charge in [-0.25, -0.2) is 0 Å². The summed E-state index contributed by atoms with van der Waals surface area (Å²) in [6, 6.07) is 8.37. The zero-order valence-electron chi connectivity index (χ0n) is 15.3. The highest BCUT2D eigenvalue weighted by molar-refractivity contribution is 5.70. The average Bonchev–Trinajstić information content (AvgIpc) is 2.61. The highest BCUT2D eigenvalue weighted by Crippen LogP contribution is 2.20. The van der Waals surface area contributed by atoms with Crippen LogP contribution in [0, 0.1) is 0 Å². The van der Waals surface area contributed by atoms with Crippen LogP contribution in [0.5, 0.6) is 0 Å². The van der Waals surface area contributed by atoms with Gasteiger partial charge in [-0.3, -0.25) is 0 Å². The molecule has 0 saturated carbocycles. The van der Waals surface area contributed by atoms with Crippen molar-refractivity contribution in [3.05, 3.63) is 47.9 Å². The Labute approximate surface area is 146 Å². The smallest absolute Gasteiger partial charge is 0.0895 e. The van der Waals surface area contributed by atoms with Gasteiger partial charge in [0.05, 0.1) is 25.7 Å². The second kappa shape index (κ2) is 12.6. The highest BCUT2D eigenvalue weighted by atomic mass is 16.5. The maximum absolute atomic E-state index is 5.56. The summed E-state index contributed by atoms with van der Waals surface area (Å²) >= 11 is 0. The van der Waals surface area contributed by atoms with Gasteiger partial charge in [0.1, 0.15) is 0 Å². The molecule has 0 N–H and O–H groups in total. The van der Waals surface area contributed by atoms with E-state index in [1.54, 1.807) is 14.2 Å². The molecule has 0 fully saturated rings. The molecule has 0 aliphatic carbocycles. The van der Waals surface area contributed by atoms with Crippen molar-refractivity contribution in [1.29, 1.82) is 0 Å². The molecule has 0 unspecified atom stereocenters. The maximum Gasteiger partial charge on any atom is 0.0895 e. The number of methoxy groups -OCH3 is 2. The third-order valence-corrected chi connectivity index (χ3v) is 3.51. The second-order valence-electron chi connectivity index (χ2n) is 5.62. The van der Waals surface area contributed by atoms with Gasteiger partial charge >= 0.3 is 0 Å². The first-order valence-corrected chi connectivity index (χ1v) is 8.34. The predicted molar refractivity (Wildman–Crippen MR) is 98.6 cm³/mol. The van der Waals surface area contributed by atoms with Crippen molar-refractivity contribution >= 4 is 11.1 Å². The minimum absolute atomic E-state index is 0.666. The molecule has 0 saturated heterocycles. The van der Waals surface area contributed by atoms with E-state index < -0.39 is 0 Å². The molecule has 4 heteroatoms. The van der Waals surface area contributed by atoms with Crippen LogP contribution in [-0.2, 0) is 18.9 Å². The SMILES string of the molecule is COCCCOC=C(C)c1cccc(C(C)=COCCCOC)c1. The molecule has 134 valence electrons. The summed E-state index contributed by atoms with van der Waals surface area (Å²) in [7, 11) is 3.40. The monoisotopic (exact) mass is 334 g/mol. The minimum Gasteiger partial charge on any atom is -0.501 e. The van der Waals surface area contributed by atoms with Crippen LogP contribution in [0.15, 0.2) is 36.8 Å². The molecule has 0 amide bonds. The quantitative estimate of drug-likeness (QED) is 0.416. The van der Waals surface area contributed by atoms with Gasteiger partial charge in [-0.1, -0.05) is 18.2 Å². The summed E-state index contributed by atoms with van der Waals surface area (Å²) in [5.41, 5.74) is 4.49. The lowest BCUT2D eigenvalue weighted by Crippen LogP contribution is -1.95. The summed E-state index contributed by atoms with van der Waals surface area (Å²) in [4.78, 5) is 0. The summed E-state index contributed by atoms with van der Waals surface area (Å²) < 4.78 is 21.1. The van der Waals surface area contributed by atoms with Crippen LogP contribution in [0.2, 0.25) is 0 Å². The lowest BCUT2D eigenvalue weighted by molar-refractivity contribution is 0.157. The zero-order valence-corrected chi connectivity index (χ0v) is 15.3. The van der Waals surface area contributed by atoms with Crippen LogP contribution in [0.1, 0.15) is 37.8 Å². The van der Waals surface area contributed by atoms with E-state index in [9.17, 15) is 0 Å². The second-order valence-corrected chi connectivity index (χ2v) is 5.62. The van der Waals surface area contributed by atoms with Gasteiger partial charge < -0.3 is 18.9 Å². The topological polar surface area (TPSA) is 36.9 Å². The van der Waals surface area contributed by atoms with Crippen LogP contribution in [0.3, 0.4) is 0 Å². The minimum atomic E-state index is 0.666. The molecule has 24 heavy (non-hydrogen) atoms. The van der Waals surface area contributed by atoms with Gasteiger partial charge in [-0.05, 0) is 42.2 Å². The fourth-order valence-corrected chi connectivity index (χ4v) is 2.09. The van der Waals surface area contributed by atoms with Crippen LogP contribution in [0.4, 0.5) is 0 Å². The van der Waals surface area contributed by atoms with E-state index in [0.717, 1.165) is 48.3 Å². The Kier molecular flexibility index (Phi) is 10.7. The van der Waals surface area contributed by atoms with Crippen molar-refractivity contribution in [2.24, 2.45) is 0 Å².